The fourth-order valence-electron chi connectivity index (χ4n) is 3.26. The molecule has 0 aromatic heterocycles. The van der Waals surface area contributed by atoms with Crippen LogP contribution in [-0.2, 0) is 19.1 Å². The van der Waals surface area contributed by atoms with E-state index >= 15 is 0 Å². The molecule has 0 saturated carbocycles. The average Bonchev–Trinajstić information content (AvgIpc) is 2.69. The monoisotopic (exact) mass is 472 g/mol. The van der Waals surface area contributed by atoms with Crippen molar-refractivity contribution in [1.29, 1.82) is 0 Å². The minimum atomic E-state index is -1.24. The van der Waals surface area contributed by atoms with Crippen molar-refractivity contribution < 1.29 is 23.9 Å². The highest BCUT2D eigenvalue weighted by molar-refractivity contribution is 5.93. The maximum absolute atomic E-state index is 13.6. The number of carbonyl (C=O) groups excluding carboxylic acids is 4. The summed E-state index contributed by atoms with van der Waals surface area (Å²) in [5.74, 6) is -1.86. The summed E-state index contributed by atoms with van der Waals surface area (Å²) in [6, 6.07) is 5.09. The first kappa shape index (κ1) is 28.5. The number of hydrogen-bond donors (Lipinski definition) is 3. The van der Waals surface area contributed by atoms with Crippen molar-refractivity contribution in [3.8, 4) is 12.5 Å². The Morgan fingerprint density at radius 3 is 2.26 bits per heavy atom. The third-order valence-electron chi connectivity index (χ3n) is 4.92. The van der Waals surface area contributed by atoms with Crippen LogP contribution in [-0.4, -0.2) is 46.4 Å². The van der Waals surface area contributed by atoms with Crippen LogP contribution in [0, 0.1) is 26.3 Å². The highest BCUT2D eigenvalue weighted by atomic mass is 16.6. The number of terminal acetylenes is 1. The number of nitrogens with two attached hydrogens (primary N) is 1. The highest BCUT2D eigenvalue weighted by Crippen LogP contribution is 2.27. The normalized spacial score (nSPS) is 12.8. The quantitative estimate of drug-likeness (QED) is 0.375. The van der Waals surface area contributed by atoms with Crippen LogP contribution in [0.3, 0.4) is 0 Å². The minimum absolute atomic E-state index is 0.114. The van der Waals surface area contributed by atoms with E-state index in [0.29, 0.717) is 5.56 Å². The molecule has 1 rings (SSSR count). The highest BCUT2D eigenvalue weighted by Gasteiger charge is 2.37. The number of aryl methyl sites for hydroxylation is 1. The molecule has 186 valence electrons. The van der Waals surface area contributed by atoms with Gasteiger partial charge in [-0.25, -0.2) is 4.79 Å². The Morgan fingerprint density at radius 1 is 1.15 bits per heavy atom. The zero-order chi connectivity index (χ0) is 26.2. The lowest BCUT2D eigenvalue weighted by Gasteiger charge is -2.31. The largest absolute Gasteiger partial charge is 0.444 e. The molecule has 34 heavy (non-hydrogen) atoms. The first-order valence-electron chi connectivity index (χ1n) is 11.1. The van der Waals surface area contributed by atoms with Gasteiger partial charge in [-0.05, 0) is 71.6 Å². The molecule has 1 aromatic carbocycles. The van der Waals surface area contributed by atoms with Crippen molar-refractivity contribution in [2.45, 2.75) is 85.0 Å². The second-order valence-electron chi connectivity index (χ2n) is 9.40. The molecule has 1 aromatic rings. The van der Waals surface area contributed by atoms with Crippen molar-refractivity contribution in [2.75, 3.05) is 0 Å². The van der Waals surface area contributed by atoms with Gasteiger partial charge in [-0.2, -0.15) is 0 Å². The zero-order valence-corrected chi connectivity index (χ0v) is 21.0. The molecule has 0 radical (unpaired) electrons. The number of nitrogens with one attached hydrogen (secondary N) is 2. The molecule has 0 aliphatic rings. The number of alkyl carbamates (subject to hydrolysis) is 1. The standard InChI is InChI=1S/C25H36N4O5/c1-9-29(21(22(31)27-15(2)3)18-12-10-11-16(4)17(18)5)23(32)19(13-14-20(26)30)28-24(33)34-25(6,7)8/h1,10-12,15,19,21H,13-14H2,2-8H3,(H2,26,30)(H,27,31)(H,28,33). The van der Waals surface area contributed by atoms with E-state index in [-0.39, 0.29) is 18.9 Å². The summed E-state index contributed by atoms with van der Waals surface area (Å²) < 4.78 is 5.25. The Morgan fingerprint density at radius 2 is 1.76 bits per heavy atom. The number of rotatable bonds is 9. The van der Waals surface area contributed by atoms with Crippen LogP contribution in [0.1, 0.15) is 70.2 Å². The fraction of sp³-hybridized carbons (Fsp3) is 0.520. The summed E-state index contributed by atoms with van der Waals surface area (Å²) in [4.78, 5) is 51.5. The molecule has 4 N–H and O–H groups in total. The number of amides is 4. The summed E-state index contributed by atoms with van der Waals surface area (Å²) in [6.07, 6.45) is 4.58. The lowest BCUT2D eigenvalue weighted by atomic mass is 9.95. The van der Waals surface area contributed by atoms with E-state index in [0.717, 1.165) is 16.0 Å². The third kappa shape index (κ3) is 8.43. The van der Waals surface area contributed by atoms with Crippen molar-refractivity contribution in [3.05, 3.63) is 34.9 Å². The molecular weight excluding hydrogens is 436 g/mol. The van der Waals surface area contributed by atoms with E-state index in [2.05, 4.69) is 16.7 Å². The van der Waals surface area contributed by atoms with Crippen molar-refractivity contribution in [3.63, 3.8) is 0 Å². The van der Waals surface area contributed by atoms with Crippen LogP contribution in [0.4, 0.5) is 4.79 Å². The minimum Gasteiger partial charge on any atom is -0.444 e. The van der Waals surface area contributed by atoms with Gasteiger partial charge in [0, 0.05) is 18.5 Å². The second kappa shape index (κ2) is 12.1. The Hall–Kier alpha value is -3.54. The molecule has 0 bridgehead atoms. The molecular formula is C25H36N4O5. The summed E-state index contributed by atoms with van der Waals surface area (Å²) >= 11 is 0. The molecule has 0 aliphatic heterocycles. The maximum Gasteiger partial charge on any atom is 0.408 e. The smallest absolute Gasteiger partial charge is 0.408 e. The lowest BCUT2D eigenvalue weighted by Crippen LogP contribution is -2.52. The summed E-state index contributed by atoms with van der Waals surface area (Å²) in [6.45, 7) is 12.3. The molecule has 0 fully saturated rings. The van der Waals surface area contributed by atoms with Gasteiger partial charge in [0.05, 0.1) is 0 Å². The Kier molecular flexibility index (Phi) is 10.1. The number of ether oxygens (including phenoxy) is 1. The van der Waals surface area contributed by atoms with Gasteiger partial charge >= 0.3 is 6.09 Å². The molecule has 2 atom stereocenters. The number of hydrogen-bond acceptors (Lipinski definition) is 5. The topological polar surface area (TPSA) is 131 Å². The van der Waals surface area contributed by atoms with Crippen LogP contribution < -0.4 is 16.4 Å². The second-order valence-corrected chi connectivity index (χ2v) is 9.40. The third-order valence-corrected chi connectivity index (χ3v) is 4.92. The van der Waals surface area contributed by atoms with Gasteiger partial charge in [0.15, 0.2) is 0 Å². The van der Waals surface area contributed by atoms with Gasteiger partial charge in [-0.3, -0.25) is 19.3 Å². The Bertz CT molecular complexity index is 959. The van der Waals surface area contributed by atoms with E-state index in [1.807, 2.05) is 19.9 Å². The zero-order valence-electron chi connectivity index (χ0n) is 21.0. The summed E-state index contributed by atoms with van der Waals surface area (Å²) in [7, 11) is 0. The molecule has 0 saturated heterocycles. The number of benzene rings is 1. The van der Waals surface area contributed by atoms with Gasteiger partial charge in [-0.15, -0.1) is 0 Å². The maximum atomic E-state index is 13.6. The SMILES string of the molecule is C#CN(C(=O)C(CCC(N)=O)NC(=O)OC(C)(C)C)C(C(=O)NC(C)C)c1cccc(C)c1C. The lowest BCUT2D eigenvalue weighted by molar-refractivity contribution is -0.139. The van der Waals surface area contributed by atoms with Crippen LogP contribution in [0.2, 0.25) is 0 Å². The molecule has 0 heterocycles. The first-order valence-corrected chi connectivity index (χ1v) is 11.1. The molecule has 0 spiro atoms. The van der Waals surface area contributed by atoms with E-state index in [4.69, 9.17) is 16.9 Å². The van der Waals surface area contributed by atoms with Gasteiger partial charge in [0.1, 0.15) is 17.7 Å². The summed E-state index contributed by atoms with van der Waals surface area (Å²) in [5, 5.41) is 5.27. The summed E-state index contributed by atoms with van der Waals surface area (Å²) in [5.41, 5.74) is 6.71. The van der Waals surface area contributed by atoms with E-state index in [1.165, 1.54) is 0 Å². The van der Waals surface area contributed by atoms with E-state index in [9.17, 15) is 19.2 Å². The van der Waals surface area contributed by atoms with Gasteiger partial charge in [0.2, 0.25) is 11.8 Å². The van der Waals surface area contributed by atoms with Crippen LogP contribution in [0.5, 0.6) is 0 Å². The van der Waals surface area contributed by atoms with Gasteiger partial charge in [-0.1, -0.05) is 24.6 Å². The molecule has 0 aliphatic carbocycles. The van der Waals surface area contributed by atoms with Crippen molar-refractivity contribution in [1.82, 2.24) is 15.5 Å². The Labute approximate surface area is 201 Å². The van der Waals surface area contributed by atoms with Crippen LogP contribution in [0.15, 0.2) is 18.2 Å². The van der Waals surface area contributed by atoms with Crippen molar-refractivity contribution >= 4 is 23.8 Å². The molecule has 2 unspecified atom stereocenters. The van der Waals surface area contributed by atoms with Crippen LogP contribution >= 0.6 is 0 Å². The predicted molar refractivity (Wildman–Crippen MR) is 129 cm³/mol. The fourth-order valence-corrected chi connectivity index (χ4v) is 3.26. The number of primary amides is 1. The van der Waals surface area contributed by atoms with Gasteiger partial charge in [0.25, 0.3) is 5.91 Å². The molecule has 9 heteroatoms. The van der Waals surface area contributed by atoms with E-state index in [1.54, 1.807) is 46.8 Å². The predicted octanol–water partition coefficient (Wildman–Crippen LogP) is 2.45. The Balaban J connectivity index is 3.46. The van der Waals surface area contributed by atoms with E-state index < -0.39 is 41.5 Å². The first-order chi connectivity index (χ1) is 15.7. The number of nitrogens with zero attached hydrogens (tertiary/aromatic N) is 1. The average molecular weight is 473 g/mol. The van der Waals surface area contributed by atoms with Crippen molar-refractivity contribution in [2.24, 2.45) is 5.73 Å². The number of carbonyl (C=O) groups is 4. The molecule has 4 amide bonds. The van der Waals surface area contributed by atoms with Gasteiger partial charge < -0.3 is 21.1 Å². The molecule has 9 nitrogen and oxygen atoms in total. The van der Waals surface area contributed by atoms with Crippen LogP contribution in [0.25, 0.3) is 0 Å².